The van der Waals surface area contributed by atoms with Gasteiger partial charge < -0.3 is 10.4 Å². The molecule has 1 saturated carbocycles. The maximum Gasteiger partial charge on any atom is 0.220 e. The van der Waals surface area contributed by atoms with Crippen molar-refractivity contribution in [3.05, 3.63) is 65.7 Å². The molecule has 4 rings (SSSR count). The number of carbonyl (C=O) groups is 1. The lowest BCUT2D eigenvalue weighted by Gasteiger charge is -2.20. The van der Waals surface area contributed by atoms with Gasteiger partial charge in [0.05, 0.1) is 0 Å². The van der Waals surface area contributed by atoms with Crippen LogP contribution in [0.3, 0.4) is 0 Å². The van der Waals surface area contributed by atoms with Crippen LogP contribution in [0.25, 0.3) is 0 Å². The largest absolute Gasteiger partial charge is 0.508 e. The quantitative estimate of drug-likeness (QED) is 0.852. The fourth-order valence-corrected chi connectivity index (χ4v) is 4.03. The number of para-hydroxylation sites is 1. The minimum atomic E-state index is 0.0947. The summed E-state index contributed by atoms with van der Waals surface area (Å²) in [5, 5.41) is 12.9. The maximum atomic E-state index is 12.2. The first-order valence-electron chi connectivity index (χ1n) is 9.03. The van der Waals surface area contributed by atoms with Gasteiger partial charge in [-0.1, -0.05) is 48.5 Å². The van der Waals surface area contributed by atoms with Crippen LogP contribution in [0.5, 0.6) is 5.75 Å². The molecule has 0 spiro atoms. The van der Waals surface area contributed by atoms with Crippen molar-refractivity contribution in [1.82, 2.24) is 10.2 Å². The van der Waals surface area contributed by atoms with E-state index in [0.717, 1.165) is 25.2 Å². The van der Waals surface area contributed by atoms with Crippen molar-refractivity contribution in [1.29, 1.82) is 0 Å². The molecular weight excluding hydrogens is 312 g/mol. The Morgan fingerprint density at radius 1 is 1.04 bits per heavy atom. The van der Waals surface area contributed by atoms with Crippen LogP contribution in [0.2, 0.25) is 0 Å². The van der Waals surface area contributed by atoms with E-state index in [1.54, 1.807) is 12.1 Å². The smallest absolute Gasteiger partial charge is 0.220 e. The Bertz CT molecular complexity index is 735. The number of rotatable bonds is 6. The number of hydrogen-bond acceptors (Lipinski definition) is 3. The number of hydrogen-bond donors (Lipinski definition) is 2. The molecule has 2 aromatic rings. The molecule has 2 aromatic carbocycles. The van der Waals surface area contributed by atoms with Gasteiger partial charge in [-0.05, 0) is 35.4 Å². The molecule has 1 amide bonds. The Labute approximate surface area is 148 Å². The first-order chi connectivity index (χ1) is 12.2. The van der Waals surface area contributed by atoms with Crippen LogP contribution < -0.4 is 5.32 Å². The number of fused-ring (bicyclic) bond motifs is 1. The Balaban J connectivity index is 1.20. The van der Waals surface area contributed by atoms with Crippen molar-refractivity contribution < 1.29 is 9.90 Å². The number of aromatic hydroxyl groups is 1. The summed E-state index contributed by atoms with van der Waals surface area (Å²) in [6, 6.07) is 18.1. The molecule has 3 atom stereocenters. The lowest BCUT2D eigenvalue weighted by molar-refractivity contribution is -0.121. The van der Waals surface area contributed by atoms with Gasteiger partial charge in [0.15, 0.2) is 0 Å². The third-order valence-electron chi connectivity index (χ3n) is 5.46. The average Bonchev–Trinajstić information content (AvgIpc) is 3.05. The van der Waals surface area contributed by atoms with Gasteiger partial charge in [0, 0.05) is 32.1 Å². The molecule has 1 heterocycles. The van der Waals surface area contributed by atoms with Crippen LogP contribution >= 0.6 is 0 Å². The minimum absolute atomic E-state index is 0.0947. The molecule has 2 aliphatic rings. The number of phenolic OH excluding ortho intramolecular Hbond substituents is 1. The fraction of sp³-hybridized carbons (Fsp3) is 0.381. The Kier molecular flexibility index (Phi) is 4.45. The highest BCUT2D eigenvalue weighted by Crippen LogP contribution is 2.45. The normalized spacial score (nSPS) is 24.7. The van der Waals surface area contributed by atoms with Crippen LogP contribution in [-0.4, -0.2) is 35.0 Å². The zero-order valence-corrected chi connectivity index (χ0v) is 14.3. The molecule has 0 radical (unpaired) electrons. The van der Waals surface area contributed by atoms with Crippen molar-refractivity contribution in [2.75, 3.05) is 13.1 Å². The number of piperidine rings is 1. The molecule has 2 fully saturated rings. The van der Waals surface area contributed by atoms with Crippen molar-refractivity contribution in [3.8, 4) is 5.75 Å². The highest BCUT2D eigenvalue weighted by Gasteiger charge is 2.56. The van der Waals surface area contributed by atoms with E-state index in [-0.39, 0.29) is 11.7 Å². The summed E-state index contributed by atoms with van der Waals surface area (Å²) in [4.78, 5) is 14.7. The molecule has 130 valence electrons. The number of benzene rings is 2. The molecule has 25 heavy (non-hydrogen) atoms. The lowest BCUT2D eigenvalue weighted by Crippen LogP contribution is -2.34. The van der Waals surface area contributed by atoms with Gasteiger partial charge >= 0.3 is 0 Å². The molecule has 2 N–H and O–H groups in total. The third kappa shape index (κ3) is 3.69. The van der Waals surface area contributed by atoms with Crippen molar-refractivity contribution in [2.45, 2.75) is 25.4 Å². The van der Waals surface area contributed by atoms with Gasteiger partial charge in [0.2, 0.25) is 5.91 Å². The van der Waals surface area contributed by atoms with E-state index < -0.39 is 0 Å². The second-order valence-electron chi connectivity index (χ2n) is 7.23. The Morgan fingerprint density at radius 2 is 1.72 bits per heavy atom. The molecule has 0 bridgehead atoms. The molecule has 0 aromatic heterocycles. The summed E-state index contributed by atoms with van der Waals surface area (Å²) in [7, 11) is 0. The SMILES string of the molecule is O=C(CCc1ccccc1O)NC1[C@H]2CN(Cc3ccccc3)C[C@@H]12. The van der Waals surface area contributed by atoms with Gasteiger partial charge in [0.1, 0.15) is 5.75 Å². The second kappa shape index (κ2) is 6.89. The standard InChI is InChI=1S/C21H24N2O2/c24-19-9-5-4-8-16(19)10-11-20(25)22-21-17-13-23(14-18(17)21)12-15-6-2-1-3-7-15/h1-9,17-18,21,24H,10-14H2,(H,22,25)/t17-,18+,21?. The van der Waals surface area contributed by atoms with Gasteiger partial charge in [-0.3, -0.25) is 9.69 Å². The zero-order valence-electron chi connectivity index (χ0n) is 14.3. The van der Waals surface area contributed by atoms with E-state index in [2.05, 4.69) is 34.5 Å². The number of phenols is 1. The number of amides is 1. The molecular formula is C21H24N2O2. The van der Waals surface area contributed by atoms with Crippen LogP contribution in [0.15, 0.2) is 54.6 Å². The first kappa shape index (κ1) is 16.2. The lowest BCUT2D eigenvalue weighted by atomic mass is 10.1. The van der Waals surface area contributed by atoms with Gasteiger partial charge in [-0.15, -0.1) is 0 Å². The van der Waals surface area contributed by atoms with Crippen molar-refractivity contribution >= 4 is 5.91 Å². The third-order valence-corrected chi connectivity index (χ3v) is 5.46. The number of carbonyl (C=O) groups excluding carboxylic acids is 1. The van der Waals surface area contributed by atoms with E-state index in [4.69, 9.17) is 0 Å². The number of nitrogens with zero attached hydrogens (tertiary/aromatic N) is 1. The minimum Gasteiger partial charge on any atom is -0.508 e. The molecule has 1 aliphatic heterocycles. The van der Waals surface area contributed by atoms with Crippen molar-refractivity contribution in [2.24, 2.45) is 11.8 Å². The van der Waals surface area contributed by atoms with Gasteiger partial charge in [0.25, 0.3) is 0 Å². The van der Waals surface area contributed by atoms with Crippen LogP contribution in [0.4, 0.5) is 0 Å². The van der Waals surface area contributed by atoms with Gasteiger partial charge in [-0.2, -0.15) is 0 Å². The second-order valence-corrected chi connectivity index (χ2v) is 7.23. The van der Waals surface area contributed by atoms with E-state index in [9.17, 15) is 9.90 Å². The summed E-state index contributed by atoms with van der Waals surface area (Å²) in [6.45, 7) is 3.15. The fourth-order valence-electron chi connectivity index (χ4n) is 4.03. The maximum absolute atomic E-state index is 12.2. The van der Waals surface area contributed by atoms with Crippen molar-refractivity contribution in [3.63, 3.8) is 0 Å². The van der Waals surface area contributed by atoms with Gasteiger partial charge in [-0.25, -0.2) is 0 Å². The van der Waals surface area contributed by atoms with Crippen LogP contribution in [0, 0.1) is 11.8 Å². The summed E-state index contributed by atoms with van der Waals surface area (Å²) >= 11 is 0. The van der Waals surface area contributed by atoms with Crippen LogP contribution in [0.1, 0.15) is 17.5 Å². The highest BCUT2D eigenvalue weighted by molar-refractivity contribution is 5.77. The predicted molar refractivity (Wildman–Crippen MR) is 97.1 cm³/mol. The van der Waals surface area contributed by atoms with E-state index >= 15 is 0 Å². The Hall–Kier alpha value is -2.33. The Morgan fingerprint density at radius 3 is 2.44 bits per heavy atom. The highest BCUT2D eigenvalue weighted by atomic mass is 16.3. The van der Waals surface area contributed by atoms with Crippen LogP contribution in [-0.2, 0) is 17.8 Å². The topological polar surface area (TPSA) is 52.6 Å². The predicted octanol–water partition coefficient (Wildman–Crippen LogP) is 2.57. The summed E-state index contributed by atoms with van der Waals surface area (Å²) in [6.07, 6.45) is 1.02. The molecule has 1 unspecified atom stereocenters. The average molecular weight is 336 g/mol. The van der Waals surface area contributed by atoms with E-state index in [0.29, 0.717) is 30.7 Å². The summed E-state index contributed by atoms with van der Waals surface area (Å²) in [5.74, 6) is 1.59. The molecule has 1 saturated heterocycles. The van der Waals surface area contributed by atoms with E-state index in [1.807, 2.05) is 18.2 Å². The number of likely N-dealkylation sites (tertiary alicyclic amines) is 1. The zero-order chi connectivity index (χ0) is 17.2. The monoisotopic (exact) mass is 336 g/mol. The molecule has 4 heteroatoms. The molecule has 4 nitrogen and oxygen atoms in total. The number of nitrogens with one attached hydrogen (secondary N) is 1. The summed E-state index contributed by atoms with van der Waals surface area (Å²) in [5.41, 5.74) is 2.19. The first-order valence-corrected chi connectivity index (χ1v) is 9.03. The number of aryl methyl sites for hydroxylation is 1. The molecule has 1 aliphatic carbocycles. The summed E-state index contributed by atoms with van der Waals surface area (Å²) < 4.78 is 0. The van der Waals surface area contributed by atoms with E-state index in [1.165, 1.54) is 5.56 Å².